The number of sulfonamides is 1. The van der Waals surface area contributed by atoms with Crippen LogP contribution in [0.5, 0.6) is 0 Å². The molecule has 0 aliphatic rings. The van der Waals surface area contributed by atoms with Gasteiger partial charge in [0.25, 0.3) is 0 Å². The summed E-state index contributed by atoms with van der Waals surface area (Å²) in [5, 5.41) is 19.3. The average Bonchev–Trinajstić information content (AvgIpc) is 2.37. The van der Waals surface area contributed by atoms with Crippen molar-refractivity contribution < 1.29 is 23.4 Å². The molecule has 1 aromatic carbocycles. The van der Waals surface area contributed by atoms with Gasteiger partial charge < -0.3 is 15.5 Å². The third kappa shape index (κ3) is 5.79. The Morgan fingerprint density at radius 3 is 2.42 bits per heavy atom. The Labute approximate surface area is 111 Å². The second-order valence-electron chi connectivity index (χ2n) is 3.75. The lowest BCUT2D eigenvalue weighted by molar-refractivity contribution is -0.123. The number of carbonyl (C=O) groups is 1. The monoisotopic (exact) mass is 288 g/mol. The van der Waals surface area contributed by atoms with Crippen molar-refractivity contribution in [3.63, 3.8) is 0 Å². The number of amides is 1. The molecule has 19 heavy (non-hydrogen) atoms. The molecule has 7 nitrogen and oxygen atoms in total. The molecule has 0 radical (unpaired) electrons. The molecule has 0 aromatic heterocycles. The van der Waals surface area contributed by atoms with E-state index in [1.807, 2.05) is 0 Å². The normalized spacial score (nSPS) is 11.5. The Hall–Kier alpha value is -1.48. The highest BCUT2D eigenvalue weighted by atomic mass is 32.2. The summed E-state index contributed by atoms with van der Waals surface area (Å²) < 4.78 is 25.8. The molecule has 106 valence electrons. The number of carbonyl (C=O) groups excluding carboxylic acids is 1. The minimum Gasteiger partial charge on any atom is -0.367 e. The number of aliphatic hydroxyl groups excluding tert-OH is 1. The molecule has 0 saturated heterocycles. The Bertz CT molecular complexity index is 501. The predicted octanol–water partition coefficient (Wildman–Crippen LogP) is -1.22. The summed E-state index contributed by atoms with van der Waals surface area (Å²) in [6.07, 6.45) is -1.70. The summed E-state index contributed by atoms with van der Waals surface area (Å²) in [7, 11) is -3.62. The Morgan fingerprint density at radius 2 is 1.84 bits per heavy atom. The van der Waals surface area contributed by atoms with Crippen molar-refractivity contribution in [3.8, 4) is 0 Å². The number of hydrogen-bond donors (Lipinski definition) is 4. The molecule has 0 aliphatic heterocycles. The molecule has 1 rings (SSSR count). The lowest BCUT2D eigenvalue weighted by atomic mass is 10.4. The highest BCUT2D eigenvalue weighted by molar-refractivity contribution is 7.89. The summed E-state index contributed by atoms with van der Waals surface area (Å²) in [5.41, 5.74) is 0. The van der Waals surface area contributed by atoms with Crippen LogP contribution >= 0.6 is 0 Å². The lowest BCUT2D eigenvalue weighted by Gasteiger charge is -2.08. The fourth-order valence-electron chi connectivity index (χ4n) is 1.28. The highest BCUT2D eigenvalue weighted by Crippen LogP contribution is 2.06. The van der Waals surface area contributed by atoms with Crippen molar-refractivity contribution in [1.29, 1.82) is 0 Å². The fourth-order valence-corrected chi connectivity index (χ4v) is 2.33. The number of benzene rings is 1. The molecule has 8 heteroatoms. The van der Waals surface area contributed by atoms with E-state index in [0.717, 1.165) is 0 Å². The Morgan fingerprint density at radius 1 is 1.21 bits per heavy atom. The molecule has 0 atom stereocenters. The van der Waals surface area contributed by atoms with E-state index in [1.165, 1.54) is 12.1 Å². The molecule has 1 amide bonds. The van der Waals surface area contributed by atoms with Gasteiger partial charge in [0.1, 0.15) is 0 Å². The molecule has 0 unspecified atom stereocenters. The van der Waals surface area contributed by atoms with Crippen molar-refractivity contribution in [3.05, 3.63) is 30.3 Å². The van der Waals surface area contributed by atoms with E-state index in [0.29, 0.717) is 0 Å². The van der Waals surface area contributed by atoms with Gasteiger partial charge in [-0.15, -0.1) is 0 Å². The summed E-state index contributed by atoms with van der Waals surface area (Å²) in [5.74, 6) is -0.469. The first-order valence-corrected chi connectivity index (χ1v) is 7.07. The van der Waals surface area contributed by atoms with Crippen LogP contribution in [0.3, 0.4) is 0 Å². The van der Waals surface area contributed by atoms with Crippen LogP contribution in [0.4, 0.5) is 0 Å². The van der Waals surface area contributed by atoms with Crippen LogP contribution in [0.25, 0.3) is 0 Å². The van der Waals surface area contributed by atoms with E-state index in [4.69, 9.17) is 10.2 Å². The first-order chi connectivity index (χ1) is 8.92. The largest absolute Gasteiger partial charge is 0.367 e. The van der Waals surface area contributed by atoms with Gasteiger partial charge in [-0.05, 0) is 12.1 Å². The summed E-state index contributed by atoms with van der Waals surface area (Å²) in [6.45, 7) is -0.352. The lowest BCUT2D eigenvalue weighted by Crippen LogP contribution is -2.34. The minimum atomic E-state index is -3.62. The maximum Gasteiger partial charge on any atom is 0.240 e. The summed E-state index contributed by atoms with van der Waals surface area (Å²) in [4.78, 5) is 11.3. The zero-order chi connectivity index (χ0) is 14.3. The second-order valence-corrected chi connectivity index (χ2v) is 5.51. The van der Waals surface area contributed by atoms with Crippen molar-refractivity contribution in [2.75, 3.05) is 13.1 Å². The topological polar surface area (TPSA) is 116 Å². The van der Waals surface area contributed by atoms with Crippen LogP contribution < -0.4 is 10.0 Å². The maximum atomic E-state index is 11.8. The predicted molar refractivity (Wildman–Crippen MR) is 67.5 cm³/mol. The quantitative estimate of drug-likeness (QED) is 0.469. The molecule has 0 saturated carbocycles. The second kappa shape index (κ2) is 7.19. The van der Waals surface area contributed by atoms with Crippen LogP contribution in [-0.2, 0) is 14.8 Å². The highest BCUT2D eigenvalue weighted by Gasteiger charge is 2.13. The maximum absolute atomic E-state index is 11.8. The van der Waals surface area contributed by atoms with Gasteiger partial charge in [-0.25, -0.2) is 13.1 Å². The van der Waals surface area contributed by atoms with Gasteiger partial charge in [-0.2, -0.15) is 0 Å². The Balaban J connectivity index is 2.39. The van der Waals surface area contributed by atoms with Gasteiger partial charge in [0.15, 0.2) is 6.29 Å². The van der Waals surface area contributed by atoms with Crippen LogP contribution in [0.2, 0.25) is 0 Å². The molecule has 0 heterocycles. The Kier molecular flexibility index (Phi) is 5.90. The molecule has 4 N–H and O–H groups in total. The number of rotatable bonds is 7. The van der Waals surface area contributed by atoms with Crippen molar-refractivity contribution in [2.24, 2.45) is 0 Å². The zero-order valence-electron chi connectivity index (χ0n) is 10.1. The van der Waals surface area contributed by atoms with E-state index in [-0.39, 0.29) is 24.4 Å². The van der Waals surface area contributed by atoms with Crippen molar-refractivity contribution >= 4 is 15.9 Å². The summed E-state index contributed by atoms with van der Waals surface area (Å²) >= 11 is 0. The molecule has 0 fully saturated rings. The van der Waals surface area contributed by atoms with Crippen molar-refractivity contribution in [2.45, 2.75) is 17.6 Å². The number of hydrogen-bond acceptors (Lipinski definition) is 5. The third-order valence-electron chi connectivity index (χ3n) is 2.18. The van der Waals surface area contributed by atoms with Crippen LogP contribution in [0.1, 0.15) is 6.42 Å². The minimum absolute atomic E-state index is 0.0649. The van der Waals surface area contributed by atoms with Gasteiger partial charge in [0, 0.05) is 13.0 Å². The molecule has 0 aliphatic carbocycles. The third-order valence-corrected chi connectivity index (χ3v) is 3.66. The average molecular weight is 288 g/mol. The first kappa shape index (κ1) is 15.6. The van der Waals surface area contributed by atoms with E-state index < -0.39 is 22.2 Å². The van der Waals surface area contributed by atoms with Crippen molar-refractivity contribution in [1.82, 2.24) is 10.0 Å². The standard InChI is InChI=1S/C11H16N2O5S/c14-10(12-8-11(15)16)6-7-13-19(17,18)9-4-2-1-3-5-9/h1-5,11,13,15-16H,6-8H2,(H,12,14). The molecule has 0 spiro atoms. The van der Waals surface area contributed by atoms with Gasteiger partial charge in [-0.3, -0.25) is 4.79 Å². The van der Waals surface area contributed by atoms with Crippen LogP contribution in [-0.4, -0.2) is 43.9 Å². The van der Waals surface area contributed by atoms with E-state index in [1.54, 1.807) is 18.2 Å². The molecular formula is C11H16N2O5S. The van der Waals surface area contributed by atoms with Crippen LogP contribution in [0.15, 0.2) is 35.2 Å². The number of nitrogens with one attached hydrogen (secondary N) is 2. The zero-order valence-corrected chi connectivity index (χ0v) is 10.9. The first-order valence-electron chi connectivity index (χ1n) is 5.59. The molecule has 0 bridgehead atoms. The van der Waals surface area contributed by atoms with E-state index in [9.17, 15) is 13.2 Å². The summed E-state index contributed by atoms with van der Waals surface area (Å²) in [6, 6.07) is 7.80. The van der Waals surface area contributed by atoms with Gasteiger partial charge in [0.2, 0.25) is 15.9 Å². The SMILES string of the molecule is O=C(CCNS(=O)(=O)c1ccccc1)NCC(O)O. The van der Waals surface area contributed by atoms with Gasteiger partial charge in [-0.1, -0.05) is 18.2 Å². The molecule has 1 aromatic rings. The molecular weight excluding hydrogens is 272 g/mol. The fraction of sp³-hybridized carbons (Fsp3) is 0.364. The van der Waals surface area contributed by atoms with E-state index >= 15 is 0 Å². The smallest absolute Gasteiger partial charge is 0.240 e. The van der Waals surface area contributed by atoms with Crippen LogP contribution in [0, 0.1) is 0 Å². The number of aliphatic hydroxyl groups is 2. The van der Waals surface area contributed by atoms with Gasteiger partial charge >= 0.3 is 0 Å². The van der Waals surface area contributed by atoms with Gasteiger partial charge in [0.05, 0.1) is 11.4 Å². The van der Waals surface area contributed by atoms with E-state index in [2.05, 4.69) is 10.0 Å².